The van der Waals surface area contributed by atoms with Gasteiger partial charge >= 0.3 is 16.4 Å². The summed E-state index contributed by atoms with van der Waals surface area (Å²) in [6, 6.07) is 3.04. The normalized spacial score (nSPS) is 16.6. The smallest absolute Gasteiger partial charge is 0.416 e. The van der Waals surface area contributed by atoms with Crippen LogP contribution in [0.2, 0.25) is 0 Å². The third-order valence-corrected chi connectivity index (χ3v) is 6.71. The molecule has 0 bridgehead atoms. The molecule has 1 amide bonds. The van der Waals surface area contributed by atoms with Gasteiger partial charge in [0.15, 0.2) is 5.69 Å². The Morgan fingerprint density at radius 1 is 1.18 bits per heavy atom. The van der Waals surface area contributed by atoms with Crippen molar-refractivity contribution in [3.63, 3.8) is 0 Å². The van der Waals surface area contributed by atoms with Crippen LogP contribution in [-0.2, 0) is 16.4 Å². The van der Waals surface area contributed by atoms with E-state index in [1.54, 1.807) is 0 Å². The van der Waals surface area contributed by atoms with Crippen LogP contribution in [0.15, 0.2) is 28.9 Å². The average molecular weight is 490 g/mol. The molecule has 2 aromatic rings. The van der Waals surface area contributed by atoms with Gasteiger partial charge in [-0.2, -0.15) is 30.9 Å². The second-order valence-electron chi connectivity index (χ2n) is 8.11. The van der Waals surface area contributed by atoms with E-state index in [2.05, 4.69) is 10.3 Å². The molecule has 9 nitrogen and oxygen atoms in total. The van der Waals surface area contributed by atoms with Crippen LogP contribution in [-0.4, -0.2) is 61.7 Å². The van der Waals surface area contributed by atoms with E-state index in [-0.39, 0.29) is 36.4 Å². The fourth-order valence-electron chi connectivity index (χ4n) is 3.39. The number of nitrogens with zero attached hydrogens (tertiary/aromatic N) is 3. The topological polar surface area (TPSA) is 108 Å². The van der Waals surface area contributed by atoms with E-state index in [1.807, 2.05) is 30.5 Å². The lowest BCUT2D eigenvalue weighted by Crippen LogP contribution is -2.45. The molecule has 33 heavy (non-hydrogen) atoms. The van der Waals surface area contributed by atoms with E-state index < -0.39 is 27.9 Å². The third kappa shape index (κ3) is 6.24. The summed E-state index contributed by atoms with van der Waals surface area (Å²) in [6.45, 7) is 5.40. The van der Waals surface area contributed by atoms with Crippen molar-refractivity contribution >= 4 is 27.8 Å². The molecule has 2 N–H and O–H groups in total. The van der Waals surface area contributed by atoms with Crippen LogP contribution in [0.3, 0.4) is 0 Å². The summed E-state index contributed by atoms with van der Waals surface area (Å²) in [5, 5.41) is 2.66. The highest BCUT2D eigenvalue weighted by Gasteiger charge is 2.32. The predicted molar refractivity (Wildman–Crippen MR) is 115 cm³/mol. The van der Waals surface area contributed by atoms with Crippen molar-refractivity contribution in [2.45, 2.75) is 32.4 Å². The Hall–Kier alpha value is -2.64. The molecular formula is C20H26F3N5O4S. The number of carbonyl (C=O) groups excluding carboxylic acids is 1. The highest BCUT2D eigenvalue weighted by molar-refractivity contribution is 7.87. The largest absolute Gasteiger partial charge is 0.431 e. The molecule has 1 aromatic heterocycles. The average Bonchev–Trinajstić information content (AvgIpc) is 3.06. The first-order chi connectivity index (χ1) is 15.4. The molecule has 0 unspecified atom stereocenters. The fraction of sp³-hybridized carbons (Fsp3) is 0.500. The van der Waals surface area contributed by atoms with Gasteiger partial charge in [0.25, 0.3) is 11.9 Å². The van der Waals surface area contributed by atoms with E-state index in [0.717, 1.165) is 24.9 Å². The summed E-state index contributed by atoms with van der Waals surface area (Å²) in [5.41, 5.74) is -0.477. The second kappa shape index (κ2) is 9.69. The molecule has 13 heteroatoms. The maximum Gasteiger partial charge on any atom is 0.416 e. The lowest BCUT2D eigenvalue weighted by atomic mass is 9.99. The second-order valence-corrected chi connectivity index (χ2v) is 9.78. The minimum Gasteiger partial charge on any atom is -0.431 e. The van der Waals surface area contributed by atoms with Crippen LogP contribution in [0.25, 0.3) is 0 Å². The van der Waals surface area contributed by atoms with Gasteiger partial charge in [0, 0.05) is 25.3 Å². The van der Waals surface area contributed by atoms with Gasteiger partial charge in [-0.1, -0.05) is 19.9 Å². The number of likely N-dealkylation sites (N-methyl/N-ethyl adjacent to an activating group) is 1. The zero-order chi connectivity index (χ0) is 24.4. The first-order valence-corrected chi connectivity index (χ1v) is 11.8. The highest BCUT2D eigenvalue weighted by atomic mass is 32.2. The number of rotatable bonds is 6. The van der Waals surface area contributed by atoms with E-state index in [4.69, 9.17) is 4.42 Å². The molecule has 0 aliphatic carbocycles. The van der Waals surface area contributed by atoms with Gasteiger partial charge in [-0.3, -0.25) is 4.79 Å². The summed E-state index contributed by atoms with van der Waals surface area (Å²) >= 11 is 0. The zero-order valence-corrected chi connectivity index (χ0v) is 19.3. The standard InChI is InChI=1S/C20H26F3N5O4S/c1-13(2)15-6-5-14(20(21,22)23)11-16(15)24-19-25-17(12-32-19)18(29)26-33(30,31)28-8-4-7-27(3)9-10-28/h5-6,11-13H,4,7-10H2,1-3H3,(H,24,25)(H,26,29). The lowest BCUT2D eigenvalue weighted by molar-refractivity contribution is -0.137. The Balaban J connectivity index is 1.75. The molecule has 182 valence electrons. The number of amides is 1. The van der Waals surface area contributed by atoms with Crippen molar-refractivity contribution in [3.05, 3.63) is 41.3 Å². The zero-order valence-electron chi connectivity index (χ0n) is 18.4. The first-order valence-electron chi connectivity index (χ1n) is 10.3. The maximum absolute atomic E-state index is 13.1. The van der Waals surface area contributed by atoms with E-state index >= 15 is 0 Å². The van der Waals surface area contributed by atoms with Gasteiger partial charge in [-0.25, -0.2) is 4.72 Å². The molecule has 1 aliphatic rings. The number of benzene rings is 1. The lowest BCUT2D eigenvalue weighted by Gasteiger charge is -2.19. The number of nitrogens with one attached hydrogen (secondary N) is 2. The number of hydrogen-bond donors (Lipinski definition) is 2. The predicted octanol–water partition coefficient (Wildman–Crippen LogP) is 3.17. The Morgan fingerprint density at radius 2 is 1.91 bits per heavy atom. The fourth-order valence-corrected chi connectivity index (χ4v) is 4.55. The summed E-state index contributed by atoms with van der Waals surface area (Å²) in [4.78, 5) is 18.3. The van der Waals surface area contributed by atoms with Crippen LogP contribution in [0.1, 0.15) is 47.8 Å². The van der Waals surface area contributed by atoms with E-state index in [0.29, 0.717) is 18.5 Å². The number of alkyl halides is 3. The van der Waals surface area contributed by atoms with Crippen LogP contribution < -0.4 is 10.0 Å². The number of halogens is 3. The van der Waals surface area contributed by atoms with Gasteiger partial charge in [0.05, 0.1) is 5.56 Å². The van der Waals surface area contributed by atoms with E-state index in [1.165, 1.54) is 10.4 Å². The molecule has 1 aromatic carbocycles. The van der Waals surface area contributed by atoms with Crippen molar-refractivity contribution in [2.75, 3.05) is 38.5 Å². The summed E-state index contributed by atoms with van der Waals surface area (Å²) in [7, 11) is -2.20. The SMILES string of the molecule is CC(C)c1ccc(C(F)(F)F)cc1Nc1nc(C(=O)NS(=O)(=O)N2CCCN(C)CC2)co1. The van der Waals surface area contributed by atoms with Crippen LogP contribution in [0.4, 0.5) is 24.9 Å². The molecule has 0 saturated carbocycles. The van der Waals surface area contributed by atoms with Gasteiger partial charge in [-0.05, 0) is 43.6 Å². The molecule has 3 rings (SSSR count). The number of oxazole rings is 1. The minimum atomic E-state index is -4.54. The molecule has 0 atom stereocenters. The van der Waals surface area contributed by atoms with Crippen LogP contribution in [0, 0.1) is 0 Å². The molecule has 0 radical (unpaired) electrons. The third-order valence-electron chi connectivity index (χ3n) is 5.22. The number of carbonyl (C=O) groups is 1. The molecule has 1 saturated heterocycles. The monoisotopic (exact) mass is 489 g/mol. The number of aromatic nitrogens is 1. The minimum absolute atomic E-state index is 0.106. The first kappa shape index (κ1) is 25.0. The van der Waals surface area contributed by atoms with Crippen LogP contribution >= 0.6 is 0 Å². The quantitative estimate of drug-likeness (QED) is 0.642. The van der Waals surface area contributed by atoms with Crippen molar-refractivity contribution in [2.24, 2.45) is 0 Å². The summed E-state index contributed by atoms with van der Waals surface area (Å²) in [5.74, 6) is -1.11. The highest BCUT2D eigenvalue weighted by Crippen LogP contribution is 2.35. The number of hydrogen-bond acceptors (Lipinski definition) is 7. The van der Waals surface area contributed by atoms with Gasteiger partial charge in [0.2, 0.25) is 0 Å². The van der Waals surface area contributed by atoms with Crippen molar-refractivity contribution in [3.8, 4) is 0 Å². The summed E-state index contributed by atoms with van der Waals surface area (Å²) in [6.07, 6.45) is -2.98. The van der Waals surface area contributed by atoms with E-state index in [9.17, 15) is 26.4 Å². The Bertz CT molecular complexity index is 1100. The Morgan fingerprint density at radius 3 is 2.58 bits per heavy atom. The Kier molecular flexibility index (Phi) is 7.34. The maximum atomic E-state index is 13.1. The molecule has 1 aliphatic heterocycles. The van der Waals surface area contributed by atoms with Gasteiger partial charge in [0.1, 0.15) is 6.26 Å². The summed E-state index contributed by atoms with van der Waals surface area (Å²) < 4.78 is 72.8. The molecule has 0 spiro atoms. The van der Waals surface area contributed by atoms with Gasteiger partial charge in [-0.15, -0.1) is 0 Å². The van der Waals surface area contributed by atoms with Crippen LogP contribution in [0.5, 0.6) is 0 Å². The van der Waals surface area contributed by atoms with Gasteiger partial charge < -0.3 is 14.6 Å². The van der Waals surface area contributed by atoms with Crippen molar-refractivity contribution < 1.29 is 30.8 Å². The molecule has 2 heterocycles. The molecule has 1 fully saturated rings. The molecular weight excluding hydrogens is 463 g/mol. The Labute approximate surface area is 190 Å². The van der Waals surface area contributed by atoms with Crippen molar-refractivity contribution in [1.82, 2.24) is 18.9 Å². The van der Waals surface area contributed by atoms with Crippen molar-refractivity contribution in [1.29, 1.82) is 0 Å². The number of anilines is 2.